The summed E-state index contributed by atoms with van der Waals surface area (Å²) in [4.78, 5) is 0. The molecule has 20 heavy (non-hydrogen) atoms. The number of hydrogen-bond donors (Lipinski definition) is 1. The van der Waals surface area contributed by atoms with Gasteiger partial charge in [-0.15, -0.1) is 0 Å². The van der Waals surface area contributed by atoms with Crippen LogP contribution in [0.1, 0.15) is 24.1 Å². The van der Waals surface area contributed by atoms with Crippen molar-refractivity contribution in [2.45, 2.75) is 13.0 Å². The summed E-state index contributed by atoms with van der Waals surface area (Å²) in [5, 5.41) is 12.7. The molecular formula is C16H15ClN2O. The molecule has 0 radical (unpaired) electrons. The average molecular weight is 287 g/mol. The van der Waals surface area contributed by atoms with Crippen LogP contribution in [0.4, 0.5) is 0 Å². The van der Waals surface area contributed by atoms with Crippen LogP contribution in [-0.2, 0) is 0 Å². The third-order valence-corrected chi connectivity index (χ3v) is 3.40. The molecular weight excluding hydrogens is 272 g/mol. The van der Waals surface area contributed by atoms with Crippen molar-refractivity contribution < 1.29 is 4.74 Å². The number of nitriles is 1. The van der Waals surface area contributed by atoms with Crippen LogP contribution in [0.5, 0.6) is 11.5 Å². The SMILES string of the molecule is CNC(C)c1ccc(Oc2cccc(C#N)c2)cc1Cl. The van der Waals surface area contributed by atoms with Crippen molar-refractivity contribution >= 4 is 11.6 Å². The fourth-order valence-corrected chi connectivity index (χ4v) is 2.18. The van der Waals surface area contributed by atoms with E-state index in [4.69, 9.17) is 21.6 Å². The van der Waals surface area contributed by atoms with Gasteiger partial charge >= 0.3 is 0 Å². The molecule has 0 spiro atoms. The summed E-state index contributed by atoms with van der Waals surface area (Å²) in [6.45, 7) is 2.04. The van der Waals surface area contributed by atoms with Gasteiger partial charge in [0, 0.05) is 11.1 Å². The lowest BCUT2D eigenvalue weighted by Gasteiger charge is -2.14. The van der Waals surface area contributed by atoms with Gasteiger partial charge in [-0.25, -0.2) is 0 Å². The predicted octanol–water partition coefficient (Wildman–Crippen LogP) is 4.28. The largest absolute Gasteiger partial charge is 0.457 e. The van der Waals surface area contributed by atoms with Crippen molar-refractivity contribution in [1.82, 2.24) is 5.32 Å². The molecule has 1 atom stereocenters. The Morgan fingerprint density at radius 3 is 2.60 bits per heavy atom. The molecule has 0 bridgehead atoms. The fraction of sp³-hybridized carbons (Fsp3) is 0.188. The van der Waals surface area contributed by atoms with Crippen LogP contribution < -0.4 is 10.1 Å². The lowest BCUT2D eigenvalue weighted by atomic mass is 10.1. The first kappa shape index (κ1) is 14.4. The molecule has 102 valence electrons. The van der Waals surface area contributed by atoms with Crippen LogP contribution in [-0.4, -0.2) is 7.05 Å². The number of ether oxygens (including phenoxy) is 1. The molecule has 2 rings (SSSR count). The van der Waals surface area contributed by atoms with Crippen molar-refractivity contribution in [3.8, 4) is 17.6 Å². The highest BCUT2D eigenvalue weighted by Crippen LogP contribution is 2.30. The molecule has 0 aliphatic carbocycles. The molecule has 0 aliphatic heterocycles. The van der Waals surface area contributed by atoms with Crippen LogP contribution >= 0.6 is 11.6 Å². The molecule has 0 aromatic heterocycles. The molecule has 0 saturated heterocycles. The van der Waals surface area contributed by atoms with E-state index in [2.05, 4.69) is 11.4 Å². The molecule has 1 unspecified atom stereocenters. The van der Waals surface area contributed by atoms with Gasteiger partial charge in [-0.3, -0.25) is 0 Å². The van der Waals surface area contributed by atoms with Crippen LogP contribution in [0.2, 0.25) is 5.02 Å². The highest BCUT2D eigenvalue weighted by Gasteiger charge is 2.09. The smallest absolute Gasteiger partial charge is 0.128 e. The van der Waals surface area contributed by atoms with Crippen molar-refractivity contribution in [2.24, 2.45) is 0 Å². The molecule has 0 fully saturated rings. The molecule has 0 aliphatic rings. The first-order valence-corrected chi connectivity index (χ1v) is 6.66. The van der Waals surface area contributed by atoms with Crippen molar-refractivity contribution in [3.63, 3.8) is 0 Å². The van der Waals surface area contributed by atoms with Crippen molar-refractivity contribution in [3.05, 3.63) is 58.6 Å². The number of benzene rings is 2. The van der Waals surface area contributed by atoms with E-state index in [-0.39, 0.29) is 6.04 Å². The Hall–Kier alpha value is -2.02. The summed E-state index contributed by atoms with van der Waals surface area (Å²) in [7, 11) is 1.89. The summed E-state index contributed by atoms with van der Waals surface area (Å²) < 4.78 is 5.71. The van der Waals surface area contributed by atoms with Gasteiger partial charge in [0.25, 0.3) is 0 Å². The number of nitrogens with one attached hydrogen (secondary N) is 1. The normalized spacial score (nSPS) is 11.7. The average Bonchev–Trinajstić information content (AvgIpc) is 2.47. The highest BCUT2D eigenvalue weighted by atomic mass is 35.5. The van der Waals surface area contributed by atoms with Crippen LogP contribution in [0.3, 0.4) is 0 Å². The minimum Gasteiger partial charge on any atom is -0.457 e. The lowest BCUT2D eigenvalue weighted by molar-refractivity contribution is 0.482. The van der Waals surface area contributed by atoms with E-state index in [1.54, 1.807) is 30.3 Å². The summed E-state index contributed by atoms with van der Waals surface area (Å²) >= 11 is 6.26. The van der Waals surface area contributed by atoms with E-state index >= 15 is 0 Å². The van der Waals surface area contributed by atoms with E-state index in [0.717, 1.165) is 5.56 Å². The topological polar surface area (TPSA) is 45.0 Å². The second-order valence-electron chi connectivity index (χ2n) is 4.44. The van der Waals surface area contributed by atoms with Crippen molar-refractivity contribution in [1.29, 1.82) is 5.26 Å². The van der Waals surface area contributed by atoms with E-state index < -0.39 is 0 Å². The molecule has 0 saturated carbocycles. The number of rotatable bonds is 4. The van der Waals surface area contributed by atoms with Gasteiger partial charge in [0.1, 0.15) is 11.5 Å². The molecule has 4 heteroatoms. The molecule has 2 aromatic carbocycles. The number of halogens is 1. The lowest BCUT2D eigenvalue weighted by Crippen LogP contribution is -2.12. The maximum Gasteiger partial charge on any atom is 0.128 e. The zero-order valence-corrected chi connectivity index (χ0v) is 12.1. The van der Waals surface area contributed by atoms with E-state index in [1.807, 2.05) is 26.1 Å². The Balaban J connectivity index is 2.22. The maximum absolute atomic E-state index is 8.86. The Kier molecular flexibility index (Phi) is 4.62. The summed E-state index contributed by atoms with van der Waals surface area (Å²) in [5.74, 6) is 1.27. The molecule has 3 nitrogen and oxygen atoms in total. The van der Waals surface area contributed by atoms with Gasteiger partial charge < -0.3 is 10.1 Å². The van der Waals surface area contributed by atoms with Crippen LogP contribution in [0, 0.1) is 11.3 Å². The number of nitrogens with zero attached hydrogens (tertiary/aromatic N) is 1. The fourth-order valence-electron chi connectivity index (χ4n) is 1.84. The first-order valence-electron chi connectivity index (χ1n) is 6.28. The molecule has 0 heterocycles. The Morgan fingerprint density at radius 2 is 1.95 bits per heavy atom. The zero-order valence-electron chi connectivity index (χ0n) is 11.4. The minimum atomic E-state index is 0.179. The molecule has 1 N–H and O–H groups in total. The second-order valence-corrected chi connectivity index (χ2v) is 4.84. The maximum atomic E-state index is 8.86. The third kappa shape index (κ3) is 3.30. The van der Waals surface area contributed by atoms with E-state index in [9.17, 15) is 0 Å². The zero-order chi connectivity index (χ0) is 14.5. The quantitative estimate of drug-likeness (QED) is 0.912. The van der Waals surface area contributed by atoms with Crippen LogP contribution in [0.25, 0.3) is 0 Å². The summed E-state index contributed by atoms with van der Waals surface area (Å²) in [6.07, 6.45) is 0. The number of hydrogen-bond acceptors (Lipinski definition) is 3. The van der Waals surface area contributed by atoms with Gasteiger partial charge in [-0.1, -0.05) is 23.7 Å². The molecule has 2 aromatic rings. The second kappa shape index (κ2) is 6.42. The van der Waals surface area contributed by atoms with E-state index in [1.165, 1.54) is 0 Å². The minimum absolute atomic E-state index is 0.179. The van der Waals surface area contributed by atoms with Gasteiger partial charge in [0.2, 0.25) is 0 Å². The highest BCUT2D eigenvalue weighted by molar-refractivity contribution is 6.31. The summed E-state index contributed by atoms with van der Waals surface area (Å²) in [6, 6.07) is 14.9. The molecule has 0 amide bonds. The van der Waals surface area contributed by atoms with Gasteiger partial charge in [0.05, 0.1) is 11.6 Å². The van der Waals surface area contributed by atoms with Gasteiger partial charge in [-0.2, -0.15) is 5.26 Å². The van der Waals surface area contributed by atoms with E-state index in [0.29, 0.717) is 22.1 Å². The standard InChI is InChI=1S/C16H15ClN2O/c1-11(19-2)15-7-6-14(9-16(15)17)20-13-5-3-4-12(8-13)10-18/h3-9,11,19H,1-2H3. The van der Waals surface area contributed by atoms with Gasteiger partial charge in [0.15, 0.2) is 0 Å². The Bertz CT molecular complexity index is 649. The Labute approximate surface area is 123 Å². The van der Waals surface area contributed by atoms with Gasteiger partial charge in [-0.05, 0) is 49.9 Å². The van der Waals surface area contributed by atoms with Crippen LogP contribution in [0.15, 0.2) is 42.5 Å². The predicted molar refractivity (Wildman–Crippen MR) is 80.2 cm³/mol. The van der Waals surface area contributed by atoms with Crippen molar-refractivity contribution in [2.75, 3.05) is 7.05 Å². The Morgan fingerprint density at radius 1 is 1.20 bits per heavy atom. The monoisotopic (exact) mass is 286 g/mol. The summed E-state index contributed by atoms with van der Waals surface area (Å²) in [5.41, 5.74) is 1.58. The third-order valence-electron chi connectivity index (χ3n) is 3.07. The first-order chi connectivity index (χ1) is 9.63.